The maximum absolute atomic E-state index is 13.0. The van der Waals surface area contributed by atoms with Crippen molar-refractivity contribution in [2.24, 2.45) is 5.73 Å². The predicted octanol–water partition coefficient (Wildman–Crippen LogP) is 1.69. The van der Waals surface area contributed by atoms with Crippen molar-refractivity contribution in [3.8, 4) is 11.8 Å². The van der Waals surface area contributed by atoms with E-state index in [-0.39, 0.29) is 24.6 Å². The van der Waals surface area contributed by atoms with Gasteiger partial charge in [-0.25, -0.2) is 4.98 Å². The quantitative estimate of drug-likeness (QED) is 0.583. The Kier molecular flexibility index (Phi) is 6.87. The zero-order valence-electron chi connectivity index (χ0n) is 18.5. The molecule has 1 aliphatic rings. The van der Waals surface area contributed by atoms with Gasteiger partial charge >= 0.3 is 0 Å². The Morgan fingerprint density at radius 1 is 1.15 bits per heavy atom. The SMILES string of the molecule is NCC#Cc1ccc2c(=O)n(CC3(O)CCN(C(=O)CCc4ccccc4)CC3)cnc2c1. The lowest BCUT2D eigenvalue weighted by Gasteiger charge is -2.38. The van der Waals surface area contributed by atoms with Crippen LogP contribution in [0.1, 0.15) is 30.4 Å². The molecule has 3 N–H and O–H groups in total. The molecule has 0 spiro atoms. The van der Waals surface area contributed by atoms with Crippen LogP contribution in [0.5, 0.6) is 0 Å². The molecule has 1 saturated heterocycles. The number of likely N-dealkylation sites (tertiary alicyclic amines) is 1. The molecule has 3 aromatic rings. The van der Waals surface area contributed by atoms with E-state index in [9.17, 15) is 14.7 Å². The third-order valence-electron chi connectivity index (χ3n) is 6.14. The van der Waals surface area contributed by atoms with Crippen molar-refractivity contribution >= 4 is 16.8 Å². The fraction of sp³-hybridized carbons (Fsp3) is 0.346. The Morgan fingerprint density at radius 2 is 1.91 bits per heavy atom. The average Bonchev–Trinajstić information content (AvgIpc) is 2.84. The number of aromatic nitrogens is 2. The Balaban J connectivity index is 1.38. The van der Waals surface area contributed by atoms with Gasteiger partial charge in [0.2, 0.25) is 5.91 Å². The molecule has 2 aromatic carbocycles. The molecule has 7 nitrogen and oxygen atoms in total. The fourth-order valence-corrected chi connectivity index (χ4v) is 4.20. The lowest BCUT2D eigenvalue weighted by atomic mass is 9.91. The molecule has 0 atom stereocenters. The van der Waals surface area contributed by atoms with Crippen molar-refractivity contribution in [2.75, 3.05) is 19.6 Å². The number of benzene rings is 2. The van der Waals surface area contributed by atoms with E-state index in [1.165, 1.54) is 10.9 Å². The molecule has 0 aliphatic carbocycles. The van der Waals surface area contributed by atoms with E-state index in [0.717, 1.165) is 11.1 Å². The summed E-state index contributed by atoms with van der Waals surface area (Å²) in [6.45, 7) is 1.36. The molecular formula is C26H28N4O3. The molecule has 4 rings (SSSR count). The lowest BCUT2D eigenvalue weighted by Crippen LogP contribution is -2.49. The molecule has 1 aromatic heterocycles. The summed E-state index contributed by atoms with van der Waals surface area (Å²) < 4.78 is 1.46. The number of nitrogens with two attached hydrogens (primary N) is 1. The van der Waals surface area contributed by atoms with Crippen LogP contribution in [-0.4, -0.2) is 50.7 Å². The average molecular weight is 445 g/mol. The molecule has 1 fully saturated rings. The van der Waals surface area contributed by atoms with Gasteiger partial charge in [-0.15, -0.1) is 0 Å². The molecule has 0 unspecified atom stereocenters. The first-order valence-corrected chi connectivity index (χ1v) is 11.2. The second-order valence-corrected chi connectivity index (χ2v) is 8.51. The van der Waals surface area contributed by atoms with Gasteiger partial charge in [-0.05, 0) is 43.0 Å². The first kappa shape index (κ1) is 22.7. The molecule has 1 aliphatic heterocycles. The molecule has 0 saturated carbocycles. The molecule has 170 valence electrons. The summed E-state index contributed by atoms with van der Waals surface area (Å²) in [7, 11) is 0. The number of rotatable bonds is 5. The highest BCUT2D eigenvalue weighted by atomic mass is 16.3. The first-order valence-electron chi connectivity index (χ1n) is 11.2. The molecule has 33 heavy (non-hydrogen) atoms. The molecule has 2 heterocycles. The summed E-state index contributed by atoms with van der Waals surface area (Å²) in [5.74, 6) is 5.82. The van der Waals surface area contributed by atoms with Crippen LogP contribution in [0.3, 0.4) is 0 Å². The van der Waals surface area contributed by atoms with Gasteiger partial charge in [0.05, 0.1) is 35.9 Å². The molecule has 0 bridgehead atoms. The third-order valence-corrected chi connectivity index (χ3v) is 6.14. The monoisotopic (exact) mass is 444 g/mol. The number of amides is 1. The number of carbonyl (C=O) groups excluding carboxylic acids is 1. The summed E-state index contributed by atoms with van der Waals surface area (Å²) >= 11 is 0. The van der Waals surface area contributed by atoms with Gasteiger partial charge in [-0.1, -0.05) is 42.2 Å². The van der Waals surface area contributed by atoms with Crippen molar-refractivity contribution in [3.05, 3.63) is 76.3 Å². The maximum Gasteiger partial charge on any atom is 0.261 e. The highest BCUT2D eigenvalue weighted by Crippen LogP contribution is 2.24. The number of hydrogen-bond acceptors (Lipinski definition) is 5. The van der Waals surface area contributed by atoms with Gasteiger partial charge < -0.3 is 15.7 Å². The Labute approximate surface area is 192 Å². The van der Waals surface area contributed by atoms with Gasteiger partial charge in [0, 0.05) is 25.1 Å². The van der Waals surface area contributed by atoms with E-state index in [1.54, 1.807) is 18.2 Å². The van der Waals surface area contributed by atoms with Crippen LogP contribution in [0, 0.1) is 11.8 Å². The van der Waals surface area contributed by atoms with Crippen LogP contribution < -0.4 is 11.3 Å². The van der Waals surface area contributed by atoms with Crippen molar-refractivity contribution in [2.45, 2.75) is 37.8 Å². The van der Waals surface area contributed by atoms with Crippen LogP contribution in [0.15, 0.2) is 59.7 Å². The van der Waals surface area contributed by atoms with Gasteiger partial charge in [0.15, 0.2) is 0 Å². The Bertz CT molecular complexity index is 1250. The second kappa shape index (κ2) is 9.99. The normalized spacial score (nSPS) is 15.2. The van der Waals surface area contributed by atoms with Crippen LogP contribution in [0.25, 0.3) is 10.9 Å². The Hall–Kier alpha value is -3.47. The van der Waals surface area contributed by atoms with E-state index in [1.807, 2.05) is 35.2 Å². The summed E-state index contributed by atoms with van der Waals surface area (Å²) in [5, 5.41) is 11.6. The first-order chi connectivity index (χ1) is 16.0. The highest BCUT2D eigenvalue weighted by molar-refractivity contribution is 5.79. The smallest absolute Gasteiger partial charge is 0.261 e. The van der Waals surface area contributed by atoms with Crippen molar-refractivity contribution < 1.29 is 9.90 Å². The van der Waals surface area contributed by atoms with Crippen molar-refractivity contribution in [3.63, 3.8) is 0 Å². The summed E-state index contributed by atoms with van der Waals surface area (Å²) in [5.41, 5.74) is 6.61. The molecule has 1 amide bonds. The van der Waals surface area contributed by atoms with Crippen molar-refractivity contribution in [1.29, 1.82) is 0 Å². The number of fused-ring (bicyclic) bond motifs is 1. The van der Waals surface area contributed by atoms with Gasteiger partial charge in [0.25, 0.3) is 5.56 Å². The number of piperidine rings is 1. The largest absolute Gasteiger partial charge is 0.388 e. The molecular weight excluding hydrogens is 416 g/mol. The predicted molar refractivity (Wildman–Crippen MR) is 127 cm³/mol. The van der Waals surface area contributed by atoms with Crippen LogP contribution in [0.4, 0.5) is 0 Å². The number of aliphatic hydroxyl groups is 1. The zero-order chi connectivity index (χ0) is 23.3. The van der Waals surface area contributed by atoms with E-state index >= 15 is 0 Å². The van der Waals surface area contributed by atoms with Crippen molar-refractivity contribution in [1.82, 2.24) is 14.5 Å². The maximum atomic E-state index is 13.0. The summed E-state index contributed by atoms with van der Waals surface area (Å²) in [6.07, 6.45) is 3.47. The van der Waals surface area contributed by atoms with E-state index in [2.05, 4.69) is 16.8 Å². The third kappa shape index (κ3) is 5.48. The number of aryl methyl sites for hydroxylation is 1. The highest BCUT2D eigenvalue weighted by Gasteiger charge is 2.34. The minimum atomic E-state index is -1.05. The van der Waals surface area contributed by atoms with E-state index < -0.39 is 5.60 Å². The number of nitrogens with zero attached hydrogens (tertiary/aromatic N) is 3. The van der Waals surface area contributed by atoms with Gasteiger partial charge in [-0.3, -0.25) is 14.2 Å². The van der Waals surface area contributed by atoms with E-state index in [4.69, 9.17) is 5.73 Å². The fourth-order valence-electron chi connectivity index (χ4n) is 4.20. The second-order valence-electron chi connectivity index (χ2n) is 8.51. The minimum absolute atomic E-state index is 0.0963. The minimum Gasteiger partial charge on any atom is -0.388 e. The van der Waals surface area contributed by atoms with Crippen LogP contribution in [-0.2, 0) is 17.8 Å². The molecule has 7 heteroatoms. The van der Waals surface area contributed by atoms with Gasteiger partial charge in [-0.2, -0.15) is 0 Å². The van der Waals surface area contributed by atoms with Gasteiger partial charge in [0.1, 0.15) is 0 Å². The summed E-state index contributed by atoms with van der Waals surface area (Å²) in [6, 6.07) is 15.2. The number of hydrogen-bond donors (Lipinski definition) is 2. The lowest BCUT2D eigenvalue weighted by molar-refractivity contribution is -0.135. The number of carbonyl (C=O) groups is 1. The van der Waals surface area contributed by atoms with Crippen LogP contribution >= 0.6 is 0 Å². The standard InChI is InChI=1S/C26H28N4O3/c27-14-4-7-21-8-10-22-23(17-21)28-19-30(25(22)32)18-26(33)12-15-29(16-13-26)24(31)11-9-20-5-2-1-3-6-20/h1-3,5-6,8,10,17,19,33H,9,11-16,18,27H2. The Morgan fingerprint density at radius 3 is 2.64 bits per heavy atom. The zero-order valence-corrected chi connectivity index (χ0v) is 18.5. The molecule has 0 radical (unpaired) electrons. The van der Waals surface area contributed by atoms with E-state index in [0.29, 0.717) is 49.7 Å². The topological polar surface area (TPSA) is 101 Å². The summed E-state index contributed by atoms with van der Waals surface area (Å²) in [4.78, 5) is 31.8. The van der Waals surface area contributed by atoms with Crippen LogP contribution in [0.2, 0.25) is 0 Å².